The Labute approximate surface area is 128 Å². The fourth-order valence-electron chi connectivity index (χ4n) is 2.11. The number of nitrogens with zero attached hydrogens (tertiary/aromatic N) is 1. The van der Waals surface area contributed by atoms with Crippen LogP contribution in [0.5, 0.6) is 0 Å². The standard InChI is InChI=1S/C12H17BrN2O2S.ClH/c1-9-2-3-10(13)8-12(9)18(16,17)15-6-4-11(14)5-7-15;/h2-3,8,11H,4-7,14H2,1H3;1H. The first kappa shape index (κ1) is 16.9. The normalized spacial score (nSPS) is 18.1. The molecule has 1 aliphatic rings. The van der Waals surface area contributed by atoms with Crippen LogP contribution in [-0.4, -0.2) is 31.9 Å². The van der Waals surface area contributed by atoms with Crippen LogP contribution in [0.3, 0.4) is 0 Å². The molecule has 0 aliphatic carbocycles. The van der Waals surface area contributed by atoms with Gasteiger partial charge in [0.2, 0.25) is 10.0 Å². The molecule has 1 aliphatic heterocycles. The molecule has 0 atom stereocenters. The van der Waals surface area contributed by atoms with Crippen molar-refractivity contribution in [3.05, 3.63) is 28.2 Å². The van der Waals surface area contributed by atoms with E-state index in [2.05, 4.69) is 15.9 Å². The summed E-state index contributed by atoms with van der Waals surface area (Å²) >= 11 is 3.32. The van der Waals surface area contributed by atoms with Gasteiger partial charge in [0.15, 0.2) is 0 Å². The van der Waals surface area contributed by atoms with Crippen LogP contribution in [0, 0.1) is 6.92 Å². The summed E-state index contributed by atoms with van der Waals surface area (Å²) in [5.74, 6) is 0. The first-order valence-corrected chi connectivity index (χ1v) is 8.16. The molecule has 2 N–H and O–H groups in total. The highest BCUT2D eigenvalue weighted by atomic mass is 79.9. The van der Waals surface area contributed by atoms with E-state index in [4.69, 9.17) is 5.73 Å². The number of sulfonamides is 1. The Morgan fingerprint density at radius 3 is 2.47 bits per heavy atom. The van der Waals surface area contributed by atoms with Crippen LogP contribution in [0.2, 0.25) is 0 Å². The zero-order valence-electron chi connectivity index (χ0n) is 10.7. The number of nitrogens with two attached hydrogens (primary N) is 1. The molecule has 0 aromatic heterocycles. The Morgan fingerprint density at radius 2 is 1.89 bits per heavy atom. The maximum atomic E-state index is 12.5. The zero-order chi connectivity index (χ0) is 13.3. The van der Waals surface area contributed by atoms with E-state index < -0.39 is 10.0 Å². The molecule has 1 fully saturated rings. The molecule has 1 saturated heterocycles. The summed E-state index contributed by atoms with van der Waals surface area (Å²) in [6, 6.07) is 5.45. The minimum Gasteiger partial charge on any atom is -0.328 e. The highest BCUT2D eigenvalue weighted by Gasteiger charge is 2.29. The molecule has 1 aromatic carbocycles. The number of piperidine rings is 1. The summed E-state index contributed by atoms with van der Waals surface area (Å²) in [7, 11) is -3.39. The predicted molar refractivity (Wildman–Crippen MR) is 82.1 cm³/mol. The van der Waals surface area contributed by atoms with E-state index in [1.165, 1.54) is 4.31 Å². The van der Waals surface area contributed by atoms with Crippen LogP contribution >= 0.6 is 28.3 Å². The van der Waals surface area contributed by atoms with Gasteiger partial charge in [-0.3, -0.25) is 0 Å². The highest BCUT2D eigenvalue weighted by molar-refractivity contribution is 9.10. The summed E-state index contributed by atoms with van der Waals surface area (Å²) in [4.78, 5) is 0.382. The van der Waals surface area contributed by atoms with Gasteiger partial charge in [-0.15, -0.1) is 12.4 Å². The van der Waals surface area contributed by atoms with Gasteiger partial charge in [-0.05, 0) is 37.5 Å². The molecule has 4 nitrogen and oxygen atoms in total. The van der Waals surface area contributed by atoms with Crippen molar-refractivity contribution >= 4 is 38.4 Å². The van der Waals surface area contributed by atoms with Crippen molar-refractivity contribution in [1.82, 2.24) is 4.31 Å². The van der Waals surface area contributed by atoms with Crippen molar-refractivity contribution in [1.29, 1.82) is 0 Å². The summed E-state index contributed by atoms with van der Waals surface area (Å²) in [5, 5.41) is 0. The second-order valence-corrected chi connectivity index (χ2v) is 7.47. The van der Waals surface area contributed by atoms with Crippen molar-refractivity contribution in [2.45, 2.75) is 30.7 Å². The largest absolute Gasteiger partial charge is 0.328 e. The van der Waals surface area contributed by atoms with E-state index in [1.807, 2.05) is 19.1 Å². The fourth-order valence-corrected chi connectivity index (χ4v) is 4.34. The maximum Gasteiger partial charge on any atom is 0.243 e. The average molecular weight is 370 g/mol. The molecule has 19 heavy (non-hydrogen) atoms. The summed E-state index contributed by atoms with van der Waals surface area (Å²) in [5.41, 5.74) is 6.58. The third-order valence-electron chi connectivity index (χ3n) is 3.27. The van der Waals surface area contributed by atoms with Gasteiger partial charge in [-0.25, -0.2) is 8.42 Å². The van der Waals surface area contributed by atoms with E-state index >= 15 is 0 Å². The lowest BCUT2D eigenvalue weighted by atomic mass is 10.1. The highest BCUT2D eigenvalue weighted by Crippen LogP contribution is 2.25. The fraction of sp³-hybridized carbons (Fsp3) is 0.500. The number of aryl methyl sites for hydroxylation is 1. The van der Waals surface area contributed by atoms with Crippen LogP contribution in [-0.2, 0) is 10.0 Å². The number of rotatable bonds is 2. The molecular weight excluding hydrogens is 352 g/mol. The molecule has 0 saturated carbocycles. The van der Waals surface area contributed by atoms with E-state index in [1.54, 1.807) is 6.07 Å². The Bertz CT molecular complexity index is 543. The molecule has 0 radical (unpaired) electrons. The monoisotopic (exact) mass is 368 g/mol. The van der Waals surface area contributed by atoms with Gasteiger partial charge in [0, 0.05) is 23.6 Å². The van der Waals surface area contributed by atoms with Crippen molar-refractivity contribution in [3.8, 4) is 0 Å². The minimum absolute atomic E-state index is 0. The molecule has 7 heteroatoms. The van der Waals surface area contributed by atoms with Gasteiger partial charge < -0.3 is 5.73 Å². The van der Waals surface area contributed by atoms with Gasteiger partial charge in [0.1, 0.15) is 0 Å². The van der Waals surface area contributed by atoms with Crippen LogP contribution in [0.15, 0.2) is 27.6 Å². The van der Waals surface area contributed by atoms with Crippen LogP contribution in [0.25, 0.3) is 0 Å². The van der Waals surface area contributed by atoms with Crippen LogP contribution < -0.4 is 5.73 Å². The summed E-state index contributed by atoms with van der Waals surface area (Å²) < 4.78 is 27.4. The minimum atomic E-state index is -3.39. The maximum absolute atomic E-state index is 12.5. The van der Waals surface area contributed by atoms with Crippen molar-refractivity contribution in [2.24, 2.45) is 5.73 Å². The molecule has 2 rings (SSSR count). The SMILES string of the molecule is Cc1ccc(Br)cc1S(=O)(=O)N1CCC(N)CC1.Cl. The van der Waals surface area contributed by atoms with Gasteiger partial charge in [-0.1, -0.05) is 22.0 Å². The molecule has 0 bridgehead atoms. The quantitative estimate of drug-likeness (QED) is 0.870. The lowest BCUT2D eigenvalue weighted by Crippen LogP contribution is -2.42. The average Bonchev–Trinajstić information content (AvgIpc) is 2.32. The second kappa shape index (κ2) is 6.54. The van der Waals surface area contributed by atoms with E-state index in [0.29, 0.717) is 18.0 Å². The molecule has 1 aromatic rings. The van der Waals surface area contributed by atoms with Crippen LogP contribution in [0.4, 0.5) is 0 Å². The van der Waals surface area contributed by atoms with E-state index in [9.17, 15) is 8.42 Å². The van der Waals surface area contributed by atoms with Crippen LogP contribution in [0.1, 0.15) is 18.4 Å². The Hall–Kier alpha value is -0.140. The third kappa shape index (κ3) is 3.70. The number of halogens is 2. The molecule has 108 valence electrons. The Balaban J connectivity index is 0.00000180. The molecular formula is C12H18BrClN2O2S. The second-order valence-electron chi connectivity index (χ2n) is 4.65. The molecule has 1 heterocycles. The van der Waals surface area contributed by atoms with E-state index in [0.717, 1.165) is 22.9 Å². The van der Waals surface area contributed by atoms with E-state index in [-0.39, 0.29) is 18.4 Å². The van der Waals surface area contributed by atoms with Crippen molar-refractivity contribution in [3.63, 3.8) is 0 Å². The lowest BCUT2D eigenvalue weighted by molar-refractivity contribution is 0.320. The predicted octanol–water partition coefficient (Wildman–Crippen LogP) is 2.29. The van der Waals surface area contributed by atoms with Crippen molar-refractivity contribution in [2.75, 3.05) is 13.1 Å². The first-order chi connectivity index (χ1) is 8.41. The third-order valence-corrected chi connectivity index (χ3v) is 5.80. The Morgan fingerprint density at radius 1 is 1.32 bits per heavy atom. The smallest absolute Gasteiger partial charge is 0.243 e. The van der Waals surface area contributed by atoms with Gasteiger partial charge in [0.05, 0.1) is 4.90 Å². The topological polar surface area (TPSA) is 63.4 Å². The van der Waals surface area contributed by atoms with Gasteiger partial charge in [0.25, 0.3) is 0 Å². The number of hydrogen-bond acceptors (Lipinski definition) is 3. The zero-order valence-corrected chi connectivity index (χ0v) is 13.9. The molecule has 0 amide bonds. The first-order valence-electron chi connectivity index (χ1n) is 5.93. The van der Waals surface area contributed by atoms with Crippen molar-refractivity contribution < 1.29 is 8.42 Å². The Kier molecular flexibility index (Phi) is 5.82. The van der Waals surface area contributed by atoms with Gasteiger partial charge in [-0.2, -0.15) is 4.31 Å². The number of benzene rings is 1. The lowest BCUT2D eigenvalue weighted by Gasteiger charge is -2.29. The summed E-state index contributed by atoms with van der Waals surface area (Å²) in [6.07, 6.45) is 1.46. The molecule has 0 unspecified atom stereocenters. The molecule has 0 spiro atoms. The summed E-state index contributed by atoms with van der Waals surface area (Å²) in [6.45, 7) is 2.83. The van der Waals surface area contributed by atoms with Gasteiger partial charge >= 0.3 is 0 Å². The number of hydrogen-bond donors (Lipinski definition) is 1.